The Labute approximate surface area is 97.4 Å². The standard InChI is InChI=1S/C10H10N2O4S/c11-17(14,15)6-7(13)5-9-8-3-1-2-4-10(8)16-12-9/h1-4H,5-6H2,(H2,11,14,15). The summed E-state index contributed by atoms with van der Waals surface area (Å²) >= 11 is 0. The molecule has 0 saturated carbocycles. The summed E-state index contributed by atoms with van der Waals surface area (Å²) in [5.74, 6) is -1.19. The Morgan fingerprint density at radius 1 is 1.35 bits per heavy atom. The number of fused-ring (bicyclic) bond motifs is 1. The quantitative estimate of drug-likeness (QED) is 0.841. The lowest BCUT2D eigenvalue weighted by Crippen LogP contribution is -2.24. The summed E-state index contributed by atoms with van der Waals surface area (Å²) < 4.78 is 26.5. The van der Waals surface area contributed by atoms with Crippen LogP contribution in [-0.4, -0.2) is 25.1 Å². The van der Waals surface area contributed by atoms with Gasteiger partial charge in [0.2, 0.25) is 10.0 Å². The molecule has 0 bridgehead atoms. The highest BCUT2D eigenvalue weighted by atomic mass is 32.2. The number of carbonyl (C=O) groups is 1. The molecule has 0 saturated heterocycles. The van der Waals surface area contributed by atoms with Gasteiger partial charge < -0.3 is 4.52 Å². The van der Waals surface area contributed by atoms with Crippen molar-refractivity contribution in [1.82, 2.24) is 5.16 Å². The largest absolute Gasteiger partial charge is 0.356 e. The minimum absolute atomic E-state index is 0.104. The number of rotatable bonds is 4. The van der Waals surface area contributed by atoms with Crippen molar-refractivity contribution in [2.75, 3.05) is 5.75 Å². The third-order valence-electron chi connectivity index (χ3n) is 2.18. The summed E-state index contributed by atoms with van der Waals surface area (Å²) in [5, 5.41) is 9.22. The molecule has 0 aliphatic rings. The van der Waals surface area contributed by atoms with Gasteiger partial charge >= 0.3 is 0 Å². The molecule has 0 spiro atoms. The smallest absolute Gasteiger partial charge is 0.216 e. The lowest BCUT2D eigenvalue weighted by Gasteiger charge is -1.96. The molecule has 1 aromatic carbocycles. The number of aromatic nitrogens is 1. The molecule has 0 amide bonds. The van der Waals surface area contributed by atoms with Crippen molar-refractivity contribution in [3.8, 4) is 0 Å². The fraction of sp³-hybridized carbons (Fsp3) is 0.200. The number of sulfonamides is 1. The molecule has 90 valence electrons. The highest BCUT2D eigenvalue weighted by Crippen LogP contribution is 2.18. The van der Waals surface area contributed by atoms with Gasteiger partial charge in [-0.2, -0.15) is 0 Å². The molecular formula is C10H10N2O4S. The van der Waals surface area contributed by atoms with Gasteiger partial charge in [-0.25, -0.2) is 13.6 Å². The molecule has 0 fully saturated rings. The van der Waals surface area contributed by atoms with Crippen molar-refractivity contribution in [3.63, 3.8) is 0 Å². The van der Waals surface area contributed by atoms with E-state index in [-0.39, 0.29) is 6.42 Å². The highest BCUT2D eigenvalue weighted by molar-refractivity contribution is 7.89. The SMILES string of the molecule is NS(=O)(=O)CC(=O)Cc1noc2ccccc12. The Hall–Kier alpha value is -1.73. The van der Waals surface area contributed by atoms with Gasteiger partial charge in [0.1, 0.15) is 5.75 Å². The van der Waals surface area contributed by atoms with Crippen LogP contribution in [0, 0.1) is 0 Å². The second-order valence-electron chi connectivity index (χ2n) is 3.65. The van der Waals surface area contributed by atoms with Crippen LogP contribution in [0.3, 0.4) is 0 Å². The first-order valence-electron chi connectivity index (χ1n) is 4.81. The van der Waals surface area contributed by atoms with E-state index >= 15 is 0 Å². The molecule has 2 N–H and O–H groups in total. The third kappa shape index (κ3) is 2.89. The van der Waals surface area contributed by atoms with E-state index in [1.807, 2.05) is 0 Å². The number of para-hydroxylation sites is 1. The number of hydrogen-bond donors (Lipinski definition) is 1. The minimum atomic E-state index is -3.79. The maximum Gasteiger partial charge on any atom is 0.216 e. The Balaban J connectivity index is 2.22. The normalized spacial score (nSPS) is 11.8. The van der Waals surface area contributed by atoms with Crippen LogP contribution in [0.5, 0.6) is 0 Å². The average Bonchev–Trinajstić information content (AvgIpc) is 2.59. The number of ketones is 1. The van der Waals surface area contributed by atoms with Gasteiger partial charge in [-0.15, -0.1) is 0 Å². The molecule has 7 heteroatoms. The molecule has 1 aromatic heterocycles. The van der Waals surface area contributed by atoms with Crippen molar-refractivity contribution in [1.29, 1.82) is 0 Å². The lowest BCUT2D eigenvalue weighted by molar-refractivity contribution is -0.116. The van der Waals surface area contributed by atoms with Crippen molar-refractivity contribution < 1.29 is 17.7 Å². The number of nitrogens with zero attached hydrogens (tertiary/aromatic N) is 1. The summed E-state index contributed by atoms with van der Waals surface area (Å²) in [6.45, 7) is 0. The molecule has 2 aromatic rings. The zero-order valence-corrected chi connectivity index (χ0v) is 9.61. The molecule has 0 aliphatic carbocycles. The maximum absolute atomic E-state index is 11.4. The summed E-state index contributed by atoms with van der Waals surface area (Å²) in [4.78, 5) is 11.4. The van der Waals surface area contributed by atoms with Crippen LogP contribution in [0.15, 0.2) is 28.8 Å². The first kappa shape index (κ1) is 11.7. The van der Waals surface area contributed by atoms with Crippen LogP contribution in [-0.2, 0) is 21.2 Å². The zero-order chi connectivity index (χ0) is 12.5. The Bertz CT molecular complexity index is 660. The molecule has 17 heavy (non-hydrogen) atoms. The van der Waals surface area contributed by atoms with E-state index in [1.54, 1.807) is 24.3 Å². The van der Waals surface area contributed by atoms with Crippen LogP contribution < -0.4 is 5.14 Å². The van der Waals surface area contributed by atoms with E-state index in [9.17, 15) is 13.2 Å². The maximum atomic E-state index is 11.4. The summed E-state index contributed by atoms with van der Waals surface area (Å²) in [6.07, 6.45) is -0.104. The monoisotopic (exact) mass is 254 g/mol. The second kappa shape index (κ2) is 4.27. The van der Waals surface area contributed by atoms with Crippen LogP contribution in [0.2, 0.25) is 0 Å². The topological polar surface area (TPSA) is 103 Å². The Morgan fingerprint density at radius 2 is 2.06 bits per heavy atom. The number of hydrogen-bond acceptors (Lipinski definition) is 5. The molecule has 0 radical (unpaired) electrons. The number of Topliss-reactive ketones (excluding diaryl/α,β-unsaturated/α-hetero) is 1. The van der Waals surface area contributed by atoms with E-state index < -0.39 is 21.6 Å². The molecule has 0 unspecified atom stereocenters. The fourth-order valence-electron chi connectivity index (χ4n) is 1.53. The number of benzene rings is 1. The predicted molar refractivity (Wildman–Crippen MR) is 60.7 cm³/mol. The van der Waals surface area contributed by atoms with Gasteiger partial charge in [0, 0.05) is 5.39 Å². The average molecular weight is 254 g/mol. The van der Waals surface area contributed by atoms with Crippen molar-refractivity contribution in [3.05, 3.63) is 30.0 Å². The van der Waals surface area contributed by atoms with E-state index in [0.717, 1.165) is 0 Å². The highest BCUT2D eigenvalue weighted by Gasteiger charge is 2.16. The van der Waals surface area contributed by atoms with Crippen molar-refractivity contribution >= 4 is 26.8 Å². The van der Waals surface area contributed by atoms with Crippen molar-refractivity contribution in [2.24, 2.45) is 5.14 Å². The van der Waals surface area contributed by atoms with Gasteiger partial charge in [-0.1, -0.05) is 17.3 Å². The third-order valence-corrected chi connectivity index (χ3v) is 2.90. The number of carbonyl (C=O) groups excluding carboxylic acids is 1. The van der Waals surface area contributed by atoms with Gasteiger partial charge in [0.15, 0.2) is 11.4 Å². The molecule has 1 heterocycles. The number of primary sulfonamides is 1. The predicted octanol–water partition coefficient (Wildman–Crippen LogP) is 0.228. The summed E-state index contributed by atoms with van der Waals surface area (Å²) in [6, 6.07) is 7.04. The van der Waals surface area contributed by atoms with E-state index in [4.69, 9.17) is 9.66 Å². The minimum Gasteiger partial charge on any atom is -0.356 e. The van der Waals surface area contributed by atoms with Crippen molar-refractivity contribution in [2.45, 2.75) is 6.42 Å². The lowest BCUT2D eigenvalue weighted by atomic mass is 10.1. The molecule has 6 nitrogen and oxygen atoms in total. The zero-order valence-electron chi connectivity index (χ0n) is 8.79. The Kier molecular flexibility index (Phi) is 2.95. The molecule has 0 aliphatic heterocycles. The molecular weight excluding hydrogens is 244 g/mol. The van der Waals surface area contributed by atoms with E-state index in [1.165, 1.54) is 0 Å². The molecule has 2 rings (SSSR count). The second-order valence-corrected chi connectivity index (χ2v) is 5.26. The van der Waals surface area contributed by atoms with Crippen LogP contribution in [0.4, 0.5) is 0 Å². The molecule has 0 atom stereocenters. The first-order valence-corrected chi connectivity index (χ1v) is 6.53. The van der Waals surface area contributed by atoms with Gasteiger partial charge in [0.05, 0.1) is 12.1 Å². The van der Waals surface area contributed by atoms with Crippen LogP contribution >= 0.6 is 0 Å². The van der Waals surface area contributed by atoms with Gasteiger partial charge in [-0.05, 0) is 12.1 Å². The van der Waals surface area contributed by atoms with E-state index in [2.05, 4.69) is 5.16 Å². The van der Waals surface area contributed by atoms with Crippen LogP contribution in [0.25, 0.3) is 11.0 Å². The summed E-state index contributed by atoms with van der Waals surface area (Å²) in [7, 11) is -3.79. The fourth-order valence-corrected chi connectivity index (χ4v) is 2.08. The first-order chi connectivity index (χ1) is 7.96. The van der Waals surface area contributed by atoms with Gasteiger partial charge in [0.25, 0.3) is 0 Å². The van der Waals surface area contributed by atoms with Gasteiger partial charge in [-0.3, -0.25) is 4.79 Å². The summed E-state index contributed by atoms with van der Waals surface area (Å²) in [5.41, 5.74) is 0.986. The van der Waals surface area contributed by atoms with E-state index in [0.29, 0.717) is 16.7 Å². The number of nitrogens with two attached hydrogens (primary N) is 1. The Morgan fingerprint density at radius 3 is 2.76 bits per heavy atom. The van der Waals surface area contributed by atoms with Crippen LogP contribution in [0.1, 0.15) is 5.69 Å².